The van der Waals surface area contributed by atoms with Gasteiger partial charge in [-0.2, -0.15) is 0 Å². The number of benzene rings is 1. The second-order valence-electron chi connectivity index (χ2n) is 4.77. The Labute approximate surface area is 133 Å². The summed E-state index contributed by atoms with van der Waals surface area (Å²) >= 11 is 7.26. The maximum absolute atomic E-state index is 12.2. The Morgan fingerprint density at radius 3 is 2.71 bits per heavy atom. The number of rotatable bonds is 5. The molecule has 0 fully saturated rings. The normalized spacial score (nSPS) is 12.2. The van der Waals surface area contributed by atoms with Crippen LogP contribution in [0.2, 0.25) is 5.02 Å². The van der Waals surface area contributed by atoms with Crippen LogP contribution in [0, 0.1) is 6.92 Å². The van der Waals surface area contributed by atoms with Crippen LogP contribution >= 0.6 is 22.9 Å². The molecule has 0 spiro atoms. The predicted octanol–water partition coefficient (Wildman–Crippen LogP) is 3.54. The molecule has 0 saturated carbocycles. The summed E-state index contributed by atoms with van der Waals surface area (Å²) in [5, 5.41) is 4.39. The fraction of sp³-hybridized carbons (Fsp3) is 0.333. The highest BCUT2D eigenvalue weighted by Crippen LogP contribution is 2.28. The van der Waals surface area contributed by atoms with Crippen molar-refractivity contribution in [2.24, 2.45) is 0 Å². The molecule has 1 atom stereocenters. The van der Waals surface area contributed by atoms with E-state index in [0.29, 0.717) is 16.5 Å². The van der Waals surface area contributed by atoms with Crippen molar-refractivity contribution in [2.45, 2.75) is 19.9 Å². The third-order valence-corrected chi connectivity index (χ3v) is 4.35. The Morgan fingerprint density at radius 1 is 1.43 bits per heavy atom. The minimum atomic E-state index is -0.116. The predicted molar refractivity (Wildman–Crippen MR) is 86.1 cm³/mol. The molecule has 1 aromatic heterocycles. The van der Waals surface area contributed by atoms with Crippen LogP contribution in [0.3, 0.4) is 0 Å². The van der Waals surface area contributed by atoms with Crippen LogP contribution < -0.4 is 5.32 Å². The van der Waals surface area contributed by atoms with Gasteiger partial charge in [0.2, 0.25) is 0 Å². The lowest BCUT2D eigenvalue weighted by molar-refractivity contribution is 0.0909. The molecule has 2 aromatic rings. The second-order valence-corrected chi connectivity index (χ2v) is 6.21. The van der Waals surface area contributed by atoms with Gasteiger partial charge in [-0.05, 0) is 26.0 Å². The number of nitrogens with one attached hydrogen (secondary N) is 1. The number of hydrogen-bond acceptors (Lipinski definition) is 4. The van der Waals surface area contributed by atoms with Gasteiger partial charge in [0.25, 0.3) is 5.91 Å². The summed E-state index contributed by atoms with van der Waals surface area (Å²) in [6.45, 7) is 4.22. The molecule has 0 aliphatic heterocycles. The van der Waals surface area contributed by atoms with Gasteiger partial charge in [-0.25, -0.2) is 4.98 Å². The average Bonchev–Trinajstić information content (AvgIpc) is 2.82. The minimum absolute atomic E-state index is 0.0389. The van der Waals surface area contributed by atoms with Crippen LogP contribution in [0.5, 0.6) is 0 Å². The summed E-state index contributed by atoms with van der Waals surface area (Å²) in [6.07, 6.45) is 0. The Hall–Kier alpha value is -1.43. The van der Waals surface area contributed by atoms with E-state index in [2.05, 4.69) is 10.3 Å². The van der Waals surface area contributed by atoms with Gasteiger partial charge in [-0.15, -0.1) is 11.3 Å². The fourth-order valence-electron chi connectivity index (χ4n) is 1.90. The molecule has 112 valence electrons. The van der Waals surface area contributed by atoms with Gasteiger partial charge < -0.3 is 10.1 Å². The zero-order valence-electron chi connectivity index (χ0n) is 12.1. The van der Waals surface area contributed by atoms with E-state index in [4.69, 9.17) is 16.3 Å². The number of carbonyl (C=O) groups is 1. The maximum Gasteiger partial charge on any atom is 0.263 e. The van der Waals surface area contributed by atoms with Crippen molar-refractivity contribution in [3.05, 3.63) is 39.9 Å². The summed E-state index contributed by atoms with van der Waals surface area (Å²) in [5.41, 5.74) is 1.68. The summed E-state index contributed by atoms with van der Waals surface area (Å²) in [5.74, 6) is -0.116. The van der Waals surface area contributed by atoms with Gasteiger partial charge in [0, 0.05) is 23.7 Å². The first kappa shape index (κ1) is 15.9. The molecule has 1 heterocycles. The van der Waals surface area contributed by atoms with Crippen LogP contribution in [0.4, 0.5) is 0 Å². The largest absolute Gasteiger partial charge is 0.383 e. The SMILES string of the molecule is COCC(C)NC(=O)c1sc(-c2ccc(Cl)cc2)nc1C. The number of halogens is 1. The summed E-state index contributed by atoms with van der Waals surface area (Å²) in [6, 6.07) is 7.39. The number of methoxy groups -OCH3 is 1. The molecular formula is C15H17ClN2O2S. The van der Waals surface area contributed by atoms with Gasteiger partial charge in [-0.1, -0.05) is 23.7 Å². The number of aromatic nitrogens is 1. The summed E-state index contributed by atoms with van der Waals surface area (Å²) in [7, 11) is 1.61. The van der Waals surface area contributed by atoms with Gasteiger partial charge in [0.15, 0.2) is 0 Å². The number of nitrogens with zero attached hydrogens (tertiary/aromatic N) is 1. The van der Waals surface area contributed by atoms with Gasteiger partial charge in [0.05, 0.1) is 12.3 Å². The lowest BCUT2D eigenvalue weighted by Crippen LogP contribution is -2.35. The number of aryl methyl sites for hydroxylation is 1. The van der Waals surface area contributed by atoms with Crippen molar-refractivity contribution in [3.8, 4) is 10.6 Å². The average molecular weight is 325 g/mol. The maximum atomic E-state index is 12.2. The highest BCUT2D eigenvalue weighted by molar-refractivity contribution is 7.17. The Kier molecular flexibility index (Phi) is 5.33. The third kappa shape index (κ3) is 4.03. The van der Waals surface area contributed by atoms with Crippen molar-refractivity contribution in [1.82, 2.24) is 10.3 Å². The Morgan fingerprint density at radius 2 is 2.10 bits per heavy atom. The molecule has 0 saturated heterocycles. The molecule has 2 rings (SSSR count). The third-order valence-electron chi connectivity index (χ3n) is 2.89. The molecule has 0 bridgehead atoms. The number of ether oxygens (including phenoxy) is 1. The molecule has 0 radical (unpaired) electrons. The van der Waals surface area contributed by atoms with Crippen LogP contribution in [0.15, 0.2) is 24.3 Å². The van der Waals surface area contributed by atoms with Gasteiger partial charge in [-0.3, -0.25) is 4.79 Å². The zero-order chi connectivity index (χ0) is 15.4. The standard InChI is InChI=1S/C15H17ClN2O2S/c1-9(8-20-3)17-14(19)13-10(2)18-15(21-13)11-4-6-12(16)7-5-11/h4-7,9H,8H2,1-3H3,(H,17,19). The van der Waals surface area contributed by atoms with E-state index in [0.717, 1.165) is 16.3 Å². The lowest BCUT2D eigenvalue weighted by atomic mass is 10.2. The number of hydrogen-bond donors (Lipinski definition) is 1. The summed E-state index contributed by atoms with van der Waals surface area (Å²) < 4.78 is 5.02. The molecule has 4 nitrogen and oxygen atoms in total. The summed E-state index contributed by atoms with van der Waals surface area (Å²) in [4.78, 5) is 17.3. The number of carbonyl (C=O) groups excluding carboxylic acids is 1. The number of thiazole rings is 1. The second kappa shape index (κ2) is 7.02. The lowest BCUT2D eigenvalue weighted by Gasteiger charge is -2.11. The van der Waals surface area contributed by atoms with E-state index in [1.165, 1.54) is 11.3 Å². The van der Waals surface area contributed by atoms with Gasteiger partial charge >= 0.3 is 0 Å². The smallest absolute Gasteiger partial charge is 0.263 e. The Balaban J connectivity index is 2.19. The van der Waals surface area contributed by atoms with Crippen LogP contribution in [0.25, 0.3) is 10.6 Å². The van der Waals surface area contributed by atoms with Crippen molar-refractivity contribution in [2.75, 3.05) is 13.7 Å². The van der Waals surface area contributed by atoms with Crippen LogP contribution in [-0.4, -0.2) is 30.6 Å². The minimum Gasteiger partial charge on any atom is -0.383 e. The van der Waals surface area contributed by atoms with Crippen molar-refractivity contribution in [3.63, 3.8) is 0 Å². The molecule has 1 unspecified atom stereocenters. The van der Waals surface area contributed by atoms with E-state index in [1.807, 2.05) is 38.1 Å². The van der Waals surface area contributed by atoms with Crippen molar-refractivity contribution in [1.29, 1.82) is 0 Å². The van der Waals surface area contributed by atoms with E-state index in [1.54, 1.807) is 7.11 Å². The molecule has 21 heavy (non-hydrogen) atoms. The molecule has 1 amide bonds. The molecular weight excluding hydrogens is 308 g/mol. The molecule has 0 aliphatic carbocycles. The highest BCUT2D eigenvalue weighted by Gasteiger charge is 2.17. The van der Waals surface area contributed by atoms with Crippen LogP contribution in [-0.2, 0) is 4.74 Å². The monoisotopic (exact) mass is 324 g/mol. The quantitative estimate of drug-likeness (QED) is 0.915. The first-order valence-electron chi connectivity index (χ1n) is 6.54. The molecule has 1 aromatic carbocycles. The van der Waals surface area contributed by atoms with E-state index in [-0.39, 0.29) is 11.9 Å². The molecule has 6 heteroatoms. The first-order valence-corrected chi connectivity index (χ1v) is 7.74. The molecule has 0 aliphatic rings. The van der Waals surface area contributed by atoms with E-state index in [9.17, 15) is 4.79 Å². The Bertz CT molecular complexity index is 625. The zero-order valence-corrected chi connectivity index (χ0v) is 13.7. The fourth-order valence-corrected chi connectivity index (χ4v) is 3.00. The van der Waals surface area contributed by atoms with E-state index < -0.39 is 0 Å². The van der Waals surface area contributed by atoms with Crippen LogP contribution in [0.1, 0.15) is 22.3 Å². The van der Waals surface area contributed by atoms with Gasteiger partial charge in [0.1, 0.15) is 9.88 Å². The first-order chi connectivity index (χ1) is 10.0. The topological polar surface area (TPSA) is 51.2 Å². The van der Waals surface area contributed by atoms with E-state index >= 15 is 0 Å². The number of amides is 1. The highest BCUT2D eigenvalue weighted by atomic mass is 35.5. The van der Waals surface area contributed by atoms with Crippen molar-refractivity contribution >= 4 is 28.8 Å². The molecule has 1 N–H and O–H groups in total. The van der Waals surface area contributed by atoms with Crippen molar-refractivity contribution < 1.29 is 9.53 Å².